The molecule has 0 N–H and O–H groups in total. The lowest BCUT2D eigenvalue weighted by Gasteiger charge is -2.50. The Kier molecular flexibility index (Phi) is 25.1. The normalized spacial score (nSPS) is 16.8. The second-order valence-electron chi connectivity index (χ2n) is 24.5. The fraction of sp³-hybridized carbons (Fsp3) is 0.307. The molecular formula is C75H72Cl2N2O20S6. The summed E-state index contributed by atoms with van der Waals surface area (Å²) >= 11 is 17.5. The van der Waals surface area contributed by atoms with Crippen LogP contribution in [0.2, 0.25) is 10.0 Å². The maximum Gasteiger partial charge on any atom is 0.345 e. The number of thioether (sulfide) groups is 6. The Morgan fingerprint density at radius 1 is 0.371 bits per heavy atom. The van der Waals surface area contributed by atoms with Gasteiger partial charge >= 0.3 is 47.8 Å². The van der Waals surface area contributed by atoms with Crippen LogP contribution in [-0.2, 0) is 85.8 Å². The number of esters is 8. The average Bonchev–Trinajstić information content (AvgIpc) is 1.68. The quantitative estimate of drug-likeness (QED) is 0.0738. The lowest BCUT2D eigenvalue weighted by atomic mass is 9.82. The van der Waals surface area contributed by atoms with Gasteiger partial charge in [0.1, 0.15) is 49.1 Å². The highest BCUT2D eigenvalue weighted by Crippen LogP contribution is 2.73. The highest BCUT2D eigenvalue weighted by Gasteiger charge is 2.64. The van der Waals surface area contributed by atoms with Crippen molar-refractivity contribution in [2.75, 3.05) is 79.9 Å². The summed E-state index contributed by atoms with van der Waals surface area (Å²) in [5.74, 6) is -6.76. The van der Waals surface area contributed by atoms with Crippen molar-refractivity contribution >= 4 is 176 Å². The molecule has 2 amide bonds. The lowest BCUT2D eigenvalue weighted by molar-refractivity contribution is -0.138. The number of fused-ring (bicyclic) bond motifs is 6. The van der Waals surface area contributed by atoms with Gasteiger partial charge in [-0.15, -0.1) is 0 Å². The second kappa shape index (κ2) is 32.7. The van der Waals surface area contributed by atoms with Crippen molar-refractivity contribution in [3.05, 3.63) is 203 Å². The molecule has 6 aliphatic heterocycles. The Morgan fingerprint density at radius 2 is 0.648 bits per heavy atom. The molecule has 2 spiro atoms. The van der Waals surface area contributed by atoms with E-state index in [1.165, 1.54) is 62.4 Å². The first kappa shape index (κ1) is 80.6. The van der Waals surface area contributed by atoms with Gasteiger partial charge in [0.25, 0.3) is 11.8 Å². The number of halogens is 2. The Labute approximate surface area is 642 Å². The molecule has 0 saturated heterocycles. The van der Waals surface area contributed by atoms with Crippen molar-refractivity contribution in [3.8, 4) is 11.5 Å². The molecule has 0 saturated carbocycles. The fourth-order valence-electron chi connectivity index (χ4n) is 12.1. The number of rotatable bonds is 14. The Morgan fingerprint density at radius 3 is 0.914 bits per heavy atom. The van der Waals surface area contributed by atoms with Crippen molar-refractivity contribution < 1.29 is 95.3 Å². The first-order chi connectivity index (χ1) is 49.7. The van der Waals surface area contributed by atoms with Gasteiger partial charge in [-0.25, -0.2) is 38.4 Å². The van der Waals surface area contributed by atoms with Crippen LogP contribution in [-0.4, -0.2) is 149 Å². The van der Waals surface area contributed by atoms with E-state index in [2.05, 4.69) is 19.1 Å². The molecule has 5 aromatic carbocycles. The lowest BCUT2D eigenvalue weighted by Crippen LogP contribution is -2.55. The van der Waals surface area contributed by atoms with Crippen molar-refractivity contribution in [2.45, 2.75) is 81.5 Å². The van der Waals surface area contributed by atoms with Crippen LogP contribution in [0.25, 0.3) is 11.1 Å². The second-order valence-corrected chi connectivity index (χ2v) is 32.9. The minimum absolute atomic E-state index is 0.123. The zero-order chi connectivity index (χ0) is 77.1. The van der Waals surface area contributed by atoms with Gasteiger partial charge in [0.05, 0.1) is 90.5 Å². The number of methoxy groups -OCH3 is 8. The predicted molar refractivity (Wildman–Crippen MR) is 409 cm³/mol. The molecule has 0 radical (unpaired) electrons. The van der Waals surface area contributed by atoms with Gasteiger partial charge < -0.3 is 47.4 Å². The van der Waals surface area contributed by atoms with Crippen molar-refractivity contribution in [1.82, 2.24) is 0 Å². The van der Waals surface area contributed by atoms with Gasteiger partial charge in [-0.1, -0.05) is 130 Å². The molecule has 0 aliphatic carbocycles. The number of anilines is 2. The largest absolute Gasteiger partial charge is 0.484 e. The first-order valence-corrected chi connectivity index (χ1v) is 37.3. The van der Waals surface area contributed by atoms with E-state index in [0.29, 0.717) is 65.0 Å². The molecule has 5 aromatic rings. The van der Waals surface area contributed by atoms with Crippen molar-refractivity contribution in [2.24, 2.45) is 0 Å². The van der Waals surface area contributed by atoms with E-state index in [1.807, 2.05) is 70.2 Å². The molecule has 105 heavy (non-hydrogen) atoms. The Balaban J connectivity index is 0.000000222. The summed E-state index contributed by atoms with van der Waals surface area (Å²) in [6.07, 6.45) is 0. The predicted octanol–water partition coefficient (Wildman–Crippen LogP) is 13.9. The molecule has 30 heteroatoms. The highest BCUT2D eigenvalue weighted by molar-refractivity contribution is 8.27. The number of carbonyl (C=O) groups excluding carboxylic acids is 10. The summed E-state index contributed by atoms with van der Waals surface area (Å²) < 4.78 is 49.4. The summed E-state index contributed by atoms with van der Waals surface area (Å²) in [5.41, 5.74) is 5.16. The van der Waals surface area contributed by atoms with Crippen LogP contribution in [0, 0.1) is 34.6 Å². The summed E-state index contributed by atoms with van der Waals surface area (Å²) in [6, 6.07) is 31.0. The number of benzene rings is 5. The van der Waals surface area contributed by atoms with Crippen LogP contribution >= 0.6 is 93.8 Å². The summed E-state index contributed by atoms with van der Waals surface area (Å²) in [5, 5.41) is 1.03. The van der Waals surface area contributed by atoms with E-state index >= 15 is 0 Å². The van der Waals surface area contributed by atoms with Crippen LogP contribution in [0.5, 0.6) is 11.5 Å². The summed E-state index contributed by atoms with van der Waals surface area (Å²) in [6.45, 7) is 16.2. The van der Waals surface area contributed by atoms with Gasteiger partial charge in [-0.2, -0.15) is 0 Å². The maximum atomic E-state index is 14.3. The van der Waals surface area contributed by atoms with E-state index in [0.717, 1.165) is 92.8 Å². The SMILES string of the molecule is COC(=O)C1=C(C(=O)OC)SC2(S1)C(C(=O)OC)=C(C(=O)OC)SC1=C2c2cc(C)c(C)cc2N(C(=O)COc2ccc(Cl)cc2)C1(C)C.COC(=O)C1=C(C(=O)OC)SC2(S1)C(C(=O)OC)=C(C(=O)OC)SC1=C2c2cc(C)c(C)cc2N(C(=O)COc2ccc(Cl)cc2)C1(C)C.Cc1ccccc1. The van der Waals surface area contributed by atoms with E-state index < -0.39 is 78.8 Å². The standard InChI is InChI=1S/2C34H32ClNO10S3.C7H8/c2*1-16-13-20-21(14-17(16)2)36(22(37)15-46-19-11-9-18(35)10-12-19)33(3,4)28-23(20)34(24(29(38)42-5)25(47-28)30(39)43-6)48-26(31(40)44-7)27(49-34)32(41)45-8;1-7-5-3-2-4-6-7/h2*9-14H,15H2,1-8H3;2-6H,1H3. The number of amides is 2. The number of hydrogen-bond donors (Lipinski definition) is 0. The smallest absolute Gasteiger partial charge is 0.345 e. The topological polar surface area (TPSA) is 269 Å². The third-order valence-electron chi connectivity index (χ3n) is 17.3. The zero-order valence-corrected chi connectivity index (χ0v) is 66.4. The summed E-state index contributed by atoms with van der Waals surface area (Å²) in [4.78, 5) is 140. The van der Waals surface area contributed by atoms with Gasteiger partial charge in [0, 0.05) is 42.1 Å². The number of aryl methyl sites for hydroxylation is 5. The van der Waals surface area contributed by atoms with Gasteiger partial charge in [-0.3, -0.25) is 19.4 Å². The molecular weight excluding hydrogens is 1510 g/mol. The van der Waals surface area contributed by atoms with Crippen molar-refractivity contribution in [3.63, 3.8) is 0 Å². The Bertz CT molecular complexity index is 4350. The highest BCUT2D eigenvalue weighted by atomic mass is 35.5. The van der Waals surface area contributed by atoms with Gasteiger partial charge in [0.2, 0.25) is 0 Å². The molecule has 0 fully saturated rings. The van der Waals surface area contributed by atoms with Crippen LogP contribution < -0.4 is 19.3 Å². The van der Waals surface area contributed by atoms with Crippen LogP contribution in [0.4, 0.5) is 11.4 Å². The van der Waals surface area contributed by atoms with E-state index in [9.17, 15) is 47.9 Å². The molecule has 6 heterocycles. The number of hydrogen-bond acceptors (Lipinski definition) is 26. The van der Waals surface area contributed by atoms with Crippen molar-refractivity contribution in [1.29, 1.82) is 0 Å². The zero-order valence-electron chi connectivity index (χ0n) is 60.0. The van der Waals surface area contributed by atoms with E-state index in [1.54, 1.807) is 86.0 Å². The minimum Gasteiger partial charge on any atom is -0.484 e. The van der Waals surface area contributed by atoms with E-state index in [4.69, 9.17) is 70.6 Å². The van der Waals surface area contributed by atoms with Crippen LogP contribution in [0.15, 0.2) is 154 Å². The van der Waals surface area contributed by atoms with Crippen LogP contribution in [0.1, 0.15) is 66.6 Å². The molecule has 0 aromatic heterocycles. The third-order valence-corrected chi connectivity index (χ3v) is 27.1. The molecule has 0 bridgehead atoms. The molecule has 0 atom stereocenters. The number of nitrogens with zero attached hydrogens (tertiary/aromatic N) is 2. The molecule has 552 valence electrons. The summed E-state index contributed by atoms with van der Waals surface area (Å²) in [7, 11) is 9.34. The average molecular weight is 1580 g/mol. The molecule has 22 nitrogen and oxygen atoms in total. The third kappa shape index (κ3) is 15.3. The maximum absolute atomic E-state index is 14.3. The molecule has 0 unspecified atom stereocenters. The minimum atomic E-state index is -1.67. The fourth-order valence-corrected chi connectivity index (χ4v) is 22.4. The molecule has 6 aliphatic rings. The number of ether oxygens (including phenoxy) is 10. The number of carbonyl (C=O) groups is 10. The molecule has 11 rings (SSSR count). The van der Waals surface area contributed by atoms with Gasteiger partial charge in [0.15, 0.2) is 13.2 Å². The first-order valence-electron chi connectivity index (χ1n) is 31.7. The monoisotopic (exact) mass is 1580 g/mol. The van der Waals surface area contributed by atoms with Crippen LogP contribution in [0.3, 0.4) is 0 Å². The van der Waals surface area contributed by atoms with E-state index in [-0.39, 0.29) is 53.8 Å². The van der Waals surface area contributed by atoms with Gasteiger partial charge in [-0.05, 0) is 157 Å². The Hall–Kier alpha value is -8.48.